The highest BCUT2D eigenvalue weighted by atomic mass is 79.9. The maximum Gasteiger partial charge on any atom is 0.223 e. The lowest BCUT2D eigenvalue weighted by Crippen LogP contribution is -2.08. The van der Waals surface area contributed by atoms with E-state index in [1.807, 2.05) is 31.4 Å². The van der Waals surface area contributed by atoms with Crippen molar-refractivity contribution in [3.05, 3.63) is 45.1 Å². The number of halogens is 1. The molecule has 0 unspecified atom stereocenters. The predicted molar refractivity (Wildman–Crippen MR) is 89.3 cm³/mol. The molecule has 0 N–H and O–H groups in total. The Morgan fingerprint density at radius 3 is 2.81 bits per heavy atom. The molecule has 112 valence electrons. The summed E-state index contributed by atoms with van der Waals surface area (Å²) in [6.45, 7) is 1.82. The summed E-state index contributed by atoms with van der Waals surface area (Å²) in [6.07, 6.45) is 2.02. The second-order valence-corrected chi connectivity index (χ2v) is 6.44. The van der Waals surface area contributed by atoms with Gasteiger partial charge in [-0.05, 0) is 36.9 Å². The molecule has 0 aliphatic carbocycles. The summed E-state index contributed by atoms with van der Waals surface area (Å²) in [5.74, 6) is 1.23. The van der Waals surface area contributed by atoms with Crippen molar-refractivity contribution in [2.24, 2.45) is 7.05 Å². The molecule has 0 saturated heterocycles. The Labute approximate surface area is 137 Å². The van der Waals surface area contributed by atoms with Crippen LogP contribution in [0.25, 0.3) is 0 Å². The Kier molecular flexibility index (Phi) is 5.11. The number of rotatable bonds is 5. The Bertz CT molecular complexity index is 683. The minimum atomic E-state index is -0.0472. The number of benzene rings is 1. The average molecular weight is 369 g/mol. The van der Waals surface area contributed by atoms with E-state index >= 15 is 0 Å². The maximum atomic E-state index is 12.9. The highest BCUT2D eigenvalue weighted by Crippen LogP contribution is 2.28. The normalized spacial score (nSPS) is 10.7. The van der Waals surface area contributed by atoms with Gasteiger partial charge in [-0.2, -0.15) is 16.9 Å². The molecule has 4 nitrogen and oxygen atoms in total. The van der Waals surface area contributed by atoms with Gasteiger partial charge in [-0.1, -0.05) is 15.9 Å². The number of nitrogens with zero attached hydrogens (tertiary/aromatic N) is 2. The van der Waals surface area contributed by atoms with Crippen molar-refractivity contribution in [3.8, 4) is 5.88 Å². The minimum Gasteiger partial charge on any atom is -0.481 e. The van der Waals surface area contributed by atoms with Crippen LogP contribution in [-0.2, 0) is 12.8 Å². The molecule has 0 amide bonds. The molecule has 0 aliphatic heterocycles. The summed E-state index contributed by atoms with van der Waals surface area (Å²) in [5, 5.41) is 4.28. The number of aromatic nitrogens is 2. The number of methoxy groups -OCH3 is 1. The lowest BCUT2D eigenvalue weighted by molar-refractivity contribution is 0.103. The van der Waals surface area contributed by atoms with Crippen LogP contribution in [-0.4, -0.2) is 28.9 Å². The molecule has 0 spiro atoms. The molecular formula is C15H17BrN2O2S. The number of ketones is 1. The van der Waals surface area contributed by atoms with Gasteiger partial charge in [0.05, 0.1) is 12.8 Å². The van der Waals surface area contributed by atoms with Gasteiger partial charge >= 0.3 is 0 Å². The third kappa shape index (κ3) is 3.16. The fraction of sp³-hybridized carbons (Fsp3) is 0.333. The molecular weight excluding hydrogens is 352 g/mol. The van der Waals surface area contributed by atoms with E-state index in [1.54, 1.807) is 30.6 Å². The Morgan fingerprint density at radius 2 is 2.19 bits per heavy atom. The van der Waals surface area contributed by atoms with Crippen molar-refractivity contribution in [2.45, 2.75) is 12.7 Å². The summed E-state index contributed by atoms with van der Waals surface area (Å²) in [5.41, 5.74) is 2.91. The highest BCUT2D eigenvalue weighted by Gasteiger charge is 2.24. The highest BCUT2D eigenvalue weighted by molar-refractivity contribution is 9.10. The van der Waals surface area contributed by atoms with Crippen molar-refractivity contribution >= 4 is 33.5 Å². The summed E-state index contributed by atoms with van der Waals surface area (Å²) in [7, 11) is 3.32. The largest absolute Gasteiger partial charge is 0.481 e. The number of aryl methyl sites for hydroxylation is 2. The van der Waals surface area contributed by atoms with Crippen LogP contribution >= 0.6 is 27.7 Å². The van der Waals surface area contributed by atoms with E-state index in [0.717, 1.165) is 15.8 Å². The predicted octanol–water partition coefficient (Wildman–Crippen LogP) is 3.59. The lowest BCUT2D eigenvalue weighted by Gasteiger charge is -2.09. The third-order valence-electron chi connectivity index (χ3n) is 3.20. The van der Waals surface area contributed by atoms with Gasteiger partial charge in [0.25, 0.3) is 0 Å². The number of thioether (sulfide) groups is 1. The molecule has 2 aromatic rings. The van der Waals surface area contributed by atoms with Crippen LogP contribution in [0, 0.1) is 6.92 Å². The van der Waals surface area contributed by atoms with Crippen LogP contribution in [0.5, 0.6) is 5.88 Å². The summed E-state index contributed by atoms with van der Waals surface area (Å²) < 4.78 is 7.89. The van der Waals surface area contributed by atoms with Gasteiger partial charge in [-0.3, -0.25) is 4.79 Å². The molecule has 21 heavy (non-hydrogen) atoms. The zero-order chi connectivity index (χ0) is 15.6. The van der Waals surface area contributed by atoms with E-state index in [2.05, 4.69) is 21.0 Å². The van der Waals surface area contributed by atoms with Gasteiger partial charge < -0.3 is 4.74 Å². The van der Waals surface area contributed by atoms with Crippen LogP contribution in [0.15, 0.2) is 22.7 Å². The lowest BCUT2D eigenvalue weighted by atomic mass is 9.99. The van der Waals surface area contributed by atoms with Crippen LogP contribution in [0.2, 0.25) is 0 Å². The zero-order valence-electron chi connectivity index (χ0n) is 12.4. The van der Waals surface area contributed by atoms with Gasteiger partial charge in [0, 0.05) is 22.8 Å². The smallest absolute Gasteiger partial charge is 0.223 e. The zero-order valence-corrected chi connectivity index (χ0v) is 14.8. The molecule has 1 aromatic heterocycles. The quantitative estimate of drug-likeness (QED) is 0.756. The molecule has 1 aromatic carbocycles. The van der Waals surface area contributed by atoms with E-state index < -0.39 is 0 Å². The monoisotopic (exact) mass is 368 g/mol. The first-order chi connectivity index (χ1) is 9.99. The Balaban J connectivity index is 2.55. The first-order valence-electron chi connectivity index (χ1n) is 6.39. The first kappa shape index (κ1) is 16.1. The van der Waals surface area contributed by atoms with E-state index in [0.29, 0.717) is 22.7 Å². The summed E-state index contributed by atoms with van der Waals surface area (Å²) in [6, 6.07) is 5.72. The Morgan fingerprint density at radius 1 is 1.48 bits per heavy atom. The second-order valence-electron chi connectivity index (χ2n) is 4.66. The molecule has 2 rings (SSSR count). The van der Waals surface area contributed by atoms with E-state index in [9.17, 15) is 4.79 Å². The van der Waals surface area contributed by atoms with Crippen molar-refractivity contribution in [1.82, 2.24) is 9.78 Å². The summed E-state index contributed by atoms with van der Waals surface area (Å²) >= 11 is 5.14. The topological polar surface area (TPSA) is 44.1 Å². The summed E-state index contributed by atoms with van der Waals surface area (Å²) in [4.78, 5) is 12.9. The van der Waals surface area contributed by atoms with Gasteiger partial charge in [-0.25, -0.2) is 4.68 Å². The number of carbonyl (C=O) groups excluding carboxylic acids is 1. The molecule has 0 saturated carbocycles. The van der Waals surface area contributed by atoms with Crippen molar-refractivity contribution in [3.63, 3.8) is 0 Å². The SMILES string of the molecule is COc1c(C(=O)c2ccc(Br)cc2CSC)c(C)nn1C. The molecule has 0 bridgehead atoms. The Hall–Kier alpha value is -1.27. The molecule has 0 radical (unpaired) electrons. The maximum absolute atomic E-state index is 12.9. The van der Waals surface area contributed by atoms with Gasteiger partial charge in [0.2, 0.25) is 11.7 Å². The number of ether oxygens (including phenoxy) is 1. The molecule has 0 atom stereocenters. The van der Waals surface area contributed by atoms with E-state index in [4.69, 9.17) is 4.74 Å². The van der Waals surface area contributed by atoms with Crippen molar-refractivity contribution < 1.29 is 9.53 Å². The van der Waals surface area contributed by atoms with E-state index in [-0.39, 0.29) is 5.78 Å². The second kappa shape index (κ2) is 6.66. The van der Waals surface area contributed by atoms with Gasteiger partial charge in [0.15, 0.2) is 0 Å². The number of carbonyl (C=O) groups is 1. The number of hydrogen-bond acceptors (Lipinski definition) is 4. The molecule has 0 fully saturated rings. The van der Waals surface area contributed by atoms with Crippen molar-refractivity contribution in [1.29, 1.82) is 0 Å². The van der Waals surface area contributed by atoms with Crippen LogP contribution in [0.3, 0.4) is 0 Å². The van der Waals surface area contributed by atoms with Gasteiger partial charge in [-0.15, -0.1) is 0 Å². The average Bonchev–Trinajstić information content (AvgIpc) is 2.72. The van der Waals surface area contributed by atoms with Crippen LogP contribution in [0.1, 0.15) is 27.2 Å². The van der Waals surface area contributed by atoms with E-state index in [1.165, 1.54) is 0 Å². The van der Waals surface area contributed by atoms with Crippen LogP contribution in [0.4, 0.5) is 0 Å². The van der Waals surface area contributed by atoms with Crippen LogP contribution < -0.4 is 4.74 Å². The molecule has 1 heterocycles. The standard InChI is InChI=1S/C15H17BrN2O2S/c1-9-13(15(20-3)18(2)17-9)14(19)12-6-5-11(16)7-10(12)8-21-4/h5-7H,8H2,1-4H3. The fourth-order valence-corrected chi connectivity index (χ4v) is 3.28. The number of hydrogen-bond donors (Lipinski definition) is 0. The fourth-order valence-electron chi connectivity index (χ4n) is 2.33. The first-order valence-corrected chi connectivity index (χ1v) is 8.58. The van der Waals surface area contributed by atoms with Gasteiger partial charge in [0.1, 0.15) is 5.56 Å². The molecule has 0 aliphatic rings. The third-order valence-corrected chi connectivity index (χ3v) is 4.29. The minimum absolute atomic E-state index is 0.0472. The van der Waals surface area contributed by atoms with Crippen molar-refractivity contribution in [2.75, 3.05) is 13.4 Å². The molecule has 6 heteroatoms.